The number of nitrogens with zero attached hydrogens (tertiary/aromatic N) is 2. The van der Waals surface area contributed by atoms with Gasteiger partial charge < -0.3 is 10.2 Å². The van der Waals surface area contributed by atoms with Crippen molar-refractivity contribution < 1.29 is 22.4 Å². The second-order valence-electron chi connectivity index (χ2n) is 8.99. The van der Waals surface area contributed by atoms with Crippen molar-refractivity contribution in [2.24, 2.45) is 5.92 Å². The second-order valence-corrected chi connectivity index (χ2v) is 11.7. The Morgan fingerprint density at radius 2 is 1.69 bits per heavy atom. The van der Waals surface area contributed by atoms with Crippen molar-refractivity contribution in [3.05, 3.63) is 63.9 Å². The molecule has 36 heavy (non-hydrogen) atoms. The largest absolute Gasteiger partial charge is 0.354 e. The lowest BCUT2D eigenvalue weighted by Crippen LogP contribution is -2.48. The van der Waals surface area contributed by atoms with Crippen molar-refractivity contribution in [2.45, 2.75) is 46.2 Å². The molecule has 0 aliphatic heterocycles. The molecule has 0 heterocycles. The number of amides is 2. The summed E-state index contributed by atoms with van der Waals surface area (Å²) in [4.78, 5) is 27.5. The summed E-state index contributed by atoms with van der Waals surface area (Å²) in [6.07, 6.45) is 1.23. The van der Waals surface area contributed by atoms with Crippen LogP contribution in [0.1, 0.15) is 39.2 Å². The van der Waals surface area contributed by atoms with E-state index in [4.69, 9.17) is 23.2 Å². The minimum absolute atomic E-state index is 0.0136. The zero-order valence-corrected chi connectivity index (χ0v) is 23.1. The molecule has 2 rings (SSSR count). The van der Waals surface area contributed by atoms with E-state index in [1.165, 1.54) is 29.2 Å². The van der Waals surface area contributed by atoms with Gasteiger partial charge in [-0.15, -0.1) is 0 Å². The minimum Gasteiger partial charge on any atom is -0.354 e. The van der Waals surface area contributed by atoms with E-state index in [2.05, 4.69) is 5.32 Å². The number of benzene rings is 2. The van der Waals surface area contributed by atoms with E-state index >= 15 is 0 Å². The van der Waals surface area contributed by atoms with Gasteiger partial charge in [-0.2, -0.15) is 0 Å². The Morgan fingerprint density at radius 3 is 2.25 bits per heavy atom. The van der Waals surface area contributed by atoms with Crippen LogP contribution in [-0.2, 0) is 26.2 Å². The quantitative estimate of drug-likeness (QED) is 0.402. The van der Waals surface area contributed by atoms with E-state index < -0.39 is 21.9 Å². The molecular weight excluding hydrogens is 528 g/mol. The molecule has 2 aromatic carbocycles. The minimum atomic E-state index is -3.66. The van der Waals surface area contributed by atoms with Crippen LogP contribution in [0.15, 0.2) is 42.5 Å². The van der Waals surface area contributed by atoms with Crippen molar-refractivity contribution in [2.75, 3.05) is 23.7 Å². The highest BCUT2D eigenvalue weighted by atomic mass is 35.5. The summed E-state index contributed by atoms with van der Waals surface area (Å²) in [6, 6.07) is 9.22. The monoisotopic (exact) mass is 559 g/mol. The molecule has 11 heteroatoms. The Hall–Kier alpha value is -2.36. The van der Waals surface area contributed by atoms with Crippen LogP contribution in [0.4, 0.5) is 10.1 Å². The highest BCUT2D eigenvalue weighted by molar-refractivity contribution is 7.92. The van der Waals surface area contributed by atoms with Gasteiger partial charge in [-0.3, -0.25) is 13.9 Å². The summed E-state index contributed by atoms with van der Waals surface area (Å²) in [6.45, 7) is 6.14. The number of rotatable bonds is 12. The van der Waals surface area contributed by atoms with Crippen LogP contribution < -0.4 is 9.62 Å². The van der Waals surface area contributed by atoms with Crippen LogP contribution in [0.5, 0.6) is 0 Å². The Bertz CT molecular complexity index is 1160. The molecule has 0 aliphatic carbocycles. The Balaban J connectivity index is 2.19. The number of hydrogen-bond donors (Lipinski definition) is 1. The lowest BCUT2D eigenvalue weighted by Gasteiger charge is -2.30. The van der Waals surface area contributed by atoms with Crippen LogP contribution in [-0.4, -0.2) is 50.5 Å². The standard InChI is InChI=1S/C25H32Cl2FN3O4S/c1-17(2)15-29-25(33)18(3)30(16-19-7-8-20(26)14-23(19)27)24(32)6-5-13-31(36(4,34)35)22-11-9-21(28)10-12-22/h7-12,14,17-18H,5-6,13,15-16H2,1-4H3,(H,29,33). The fourth-order valence-electron chi connectivity index (χ4n) is 3.48. The Morgan fingerprint density at radius 1 is 1.06 bits per heavy atom. The van der Waals surface area contributed by atoms with Crippen LogP contribution in [0.2, 0.25) is 10.0 Å². The number of halogens is 3. The van der Waals surface area contributed by atoms with Crippen molar-refractivity contribution in [1.29, 1.82) is 0 Å². The average Bonchev–Trinajstić information content (AvgIpc) is 2.79. The van der Waals surface area contributed by atoms with Gasteiger partial charge in [0, 0.05) is 36.1 Å². The third-order valence-electron chi connectivity index (χ3n) is 5.47. The van der Waals surface area contributed by atoms with E-state index in [1.54, 1.807) is 25.1 Å². The zero-order valence-electron chi connectivity index (χ0n) is 20.8. The molecule has 1 N–H and O–H groups in total. The van der Waals surface area contributed by atoms with Gasteiger partial charge >= 0.3 is 0 Å². The van der Waals surface area contributed by atoms with E-state index in [1.807, 2.05) is 13.8 Å². The second kappa shape index (κ2) is 13.3. The summed E-state index contributed by atoms with van der Waals surface area (Å²) in [7, 11) is -3.66. The van der Waals surface area contributed by atoms with Gasteiger partial charge in [-0.05, 0) is 61.2 Å². The molecule has 0 fully saturated rings. The fraction of sp³-hybridized carbons (Fsp3) is 0.440. The fourth-order valence-corrected chi connectivity index (χ4v) is 4.91. The van der Waals surface area contributed by atoms with Gasteiger partial charge in [-0.25, -0.2) is 12.8 Å². The van der Waals surface area contributed by atoms with Crippen LogP contribution >= 0.6 is 23.2 Å². The molecule has 1 unspecified atom stereocenters. The lowest BCUT2D eigenvalue weighted by molar-refractivity contribution is -0.140. The van der Waals surface area contributed by atoms with Crippen molar-refractivity contribution in [3.8, 4) is 0 Å². The Labute approximate surface area is 222 Å². The SMILES string of the molecule is CC(C)CNC(=O)C(C)N(Cc1ccc(Cl)cc1Cl)C(=O)CCCN(c1ccc(F)cc1)S(C)(=O)=O. The highest BCUT2D eigenvalue weighted by Crippen LogP contribution is 2.24. The lowest BCUT2D eigenvalue weighted by atomic mass is 10.1. The van der Waals surface area contributed by atoms with Gasteiger partial charge in [-0.1, -0.05) is 43.1 Å². The first-order valence-electron chi connectivity index (χ1n) is 11.5. The maximum atomic E-state index is 13.3. The molecule has 2 aromatic rings. The average molecular weight is 561 g/mol. The normalized spacial score (nSPS) is 12.3. The van der Waals surface area contributed by atoms with Gasteiger partial charge in [0.2, 0.25) is 21.8 Å². The van der Waals surface area contributed by atoms with Crippen molar-refractivity contribution in [1.82, 2.24) is 10.2 Å². The molecular formula is C25H32Cl2FN3O4S. The molecule has 0 aromatic heterocycles. The number of nitrogens with one attached hydrogen (secondary N) is 1. The van der Waals surface area contributed by atoms with Crippen LogP contribution in [0.25, 0.3) is 0 Å². The maximum Gasteiger partial charge on any atom is 0.242 e. The van der Waals surface area contributed by atoms with Crippen LogP contribution in [0, 0.1) is 11.7 Å². The molecule has 7 nitrogen and oxygen atoms in total. The summed E-state index contributed by atoms with van der Waals surface area (Å²) in [5.41, 5.74) is 0.930. The van der Waals surface area contributed by atoms with Gasteiger partial charge in [0.1, 0.15) is 11.9 Å². The summed E-state index contributed by atoms with van der Waals surface area (Å²) in [5.74, 6) is -0.875. The molecule has 0 bridgehead atoms. The molecule has 2 amide bonds. The van der Waals surface area contributed by atoms with E-state index in [9.17, 15) is 22.4 Å². The molecule has 1 atom stereocenters. The third-order valence-corrected chi connectivity index (χ3v) is 7.26. The highest BCUT2D eigenvalue weighted by Gasteiger charge is 2.27. The molecule has 0 radical (unpaired) electrons. The maximum absolute atomic E-state index is 13.3. The zero-order chi connectivity index (χ0) is 27.0. The summed E-state index contributed by atoms with van der Waals surface area (Å²) >= 11 is 12.3. The third kappa shape index (κ3) is 8.94. The van der Waals surface area contributed by atoms with Crippen LogP contribution in [0.3, 0.4) is 0 Å². The van der Waals surface area contributed by atoms with Crippen molar-refractivity contribution >= 4 is 50.7 Å². The topological polar surface area (TPSA) is 86.8 Å². The van der Waals surface area contributed by atoms with E-state index in [0.29, 0.717) is 27.8 Å². The van der Waals surface area contributed by atoms with E-state index in [0.717, 1.165) is 10.6 Å². The molecule has 0 aliphatic rings. The first-order valence-corrected chi connectivity index (χ1v) is 14.1. The van der Waals surface area contributed by atoms with Gasteiger partial charge in [0.15, 0.2) is 0 Å². The Kier molecular flexibility index (Phi) is 11.0. The van der Waals surface area contributed by atoms with Gasteiger partial charge in [0.05, 0.1) is 11.9 Å². The number of carbonyl (C=O) groups excluding carboxylic acids is 2. The first kappa shape index (κ1) is 29.9. The number of sulfonamides is 1. The molecule has 0 saturated heterocycles. The molecule has 198 valence electrons. The summed E-state index contributed by atoms with van der Waals surface area (Å²) in [5, 5.41) is 3.66. The predicted molar refractivity (Wildman–Crippen MR) is 142 cm³/mol. The van der Waals surface area contributed by atoms with Gasteiger partial charge in [0.25, 0.3) is 0 Å². The first-order chi connectivity index (χ1) is 16.8. The smallest absolute Gasteiger partial charge is 0.242 e. The summed E-state index contributed by atoms with van der Waals surface area (Å²) < 4.78 is 39.0. The van der Waals surface area contributed by atoms with E-state index in [-0.39, 0.29) is 43.7 Å². The number of carbonyl (C=O) groups is 2. The molecule has 0 spiro atoms. The number of anilines is 1. The van der Waals surface area contributed by atoms with Crippen molar-refractivity contribution in [3.63, 3.8) is 0 Å². The molecule has 0 saturated carbocycles. The number of hydrogen-bond acceptors (Lipinski definition) is 4. The predicted octanol–water partition coefficient (Wildman–Crippen LogP) is 4.87.